The molecule has 8 nitrogen and oxygen atoms in total. The Hall–Kier alpha value is -2.90. The number of fused-ring (bicyclic) bond motifs is 1. The number of rotatable bonds is 6. The molecule has 0 unspecified atom stereocenters. The fourth-order valence-corrected chi connectivity index (χ4v) is 4.60. The van der Waals surface area contributed by atoms with Crippen molar-refractivity contribution in [3.05, 3.63) is 29.3 Å². The average molecular weight is 412 g/mol. The quantitative estimate of drug-likeness (QED) is 0.554. The molecule has 2 aliphatic heterocycles. The number of nitrogens with one attached hydrogen (secondary N) is 2. The number of urea groups is 1. The second-order valence-electron chi connectivity index (χ2n) is 8.25. The number of carbonyl (C=O) groups is 4. The summed E-state index contributed by atoms with van der Waals surface area (Å²) in [6.07, 6.45) is 7.16. The number of nitrogens with zero attached hydrogens (tertiary/aromatic N) is 2. The van der Waals surface area contributed by atoms with Crippen molar-refractivity contribution >= 4 is 29.4 Å². The highest BCUT2D eigenvalue weighted by molar-refractivity contribution is 6.22. The molecular formula is C22H28N4O4. The van der Waals surface area contributed by atoms with Gasteiger partial charge in [-0.05, 0) is 43.9 Å². The molecule has 2 N–H and O–H groups in total. The number of amides is 5. The van der Waals surface area contributed by atoms with Crippen LogP contribution in [-0.4, -0.2) is 59.2 Å². The van der Waals surface area contributed by atoms with E-state index in [1.807, 2.05) is 4.90 Å². The Balaban J connectivity index is 1.31. The lowest BCUT2D eigenvalue weighted by molar-refractivity contribution is -0.127. The van der Waals surface area contributed by atoms with E-state index in [1.165, 1.54) is 4.90 Å². The van der Waals surface area contributed by atoms with Gasteiger partial charge in [0.15, 0.2) is 0 Å². The molecule has 0 radical (unpaired) electrons. The smallest absolute Gasteiger partial charge is 0.319 e. The van der Waals surface area contributed by atoms with E-state index >= 15 is 0 Å². The van der Waals surface area contributed by atoms with Gasteiger partial charge in [-0.1, -0.05) is 19.3 Å². The van der Waals surface area contributed by atoms with Crippen molar-refractivity contribution in [2.24, 2.45) is 0 Å². The maximum Gasteiger partial charge on any atom is 0.319 e. The summed E-state index contributed by atoms with van der Waals surface area (Å²) in [6.45, 7) is 1.89. The molecule has 160 valence electrons. The summed E-state index contributed by atoms with van der Waals surface area (Å²) in [5.74, 6) is -0.310. The molecule has 1 saturated carbocycles. The number of anilines is 1. The van der Waals surface area contributed by atoms with Crippen molar-refractivity contribution in [3.8, 4) is 0 Å². The molecule has 0 bridgehead atoms. The maximum absolute atomic E-state index is 12.9. The number of hydrogen-bond donors (Lipinski definition) is 2. The molecule has 8 heteroatoms. The molecule has 1 aromatic carbocycles. The molecule has 30 heavy (non-hydrogen) atoms. The summed E-state index contributed by atoms with van der Waals surface area (Å²) in [6, 6.07) is 4.46. The fraction of sp³-hybridized carbons (Fsp3) is 0.545. The van der Waals surface area contributed by atoms with Crippen molar-refractivity contribution < 1.29 is 19.2 Å². The van der Waals surface area contributed by atoms with E-state index in [9.17, 15) is 19.2 Å². The molecule has 2 fully saturated rings. The summed E-state index contributed by atoms with van der Waals surface area (Å²) in [5, 5.41) is 5.49. The van der Waals surface area contributed by atoms with Gasteiger partial charge < -0.3 is 15.5 Å². The molecule has 0 aromatic heterocycles. The highest BCUT2D eigenvalue weighted by Crippen LogP contribution is 2.32. The van der Waals surface area contributed by atoms with Crippen molar-refractivity contribution in [1.82, 2.24) is 15.1 Å². The Bertz CT molecular complexity index is 863. The van der Waals surface area contributed by atoms with Gasteiger partial charge in [-0.3, -0.25) is 19.3 Å². The molecule has 1 saturated heterocycles. The van der Waals surface area contributed by atoms with E-state index in [0.717, 1.165) is 45.1 Å². The zero-order valence-corrected chi connectivity index (χ0v) is 17.1. The van der Waals surface area contributed by atoms with Gasteiger partial charge in [-0.25, -0.2) is 4.79 Å². The Labute approximate surface area is 176 Å². The molecule has 1 aromatic rings. The summed E-state index contributed by atoms with van der Waals surface area (Å²) in [5.41, 5.74) is 1.25. The standard InChI is InChI=1S/C22H28N4O4/c27-19-8-4-12-25(19)13-5-11-23-22(30)24-15-9-10-17-18(14-15)21(29)26(20(17)28)16-6-2-1-3-7-16/h9-10,14,16H,1-8,11-13H2,(H2,23,24,30). The van der Waals surface area contributed by atoms with Crippen LogP contribution in [0.1, 0.15) is 72.1 Å². The van der Waals surface area contributed by atoms with Crippen LogP contribution in [0.4, 0.5) is 10.5 Å². The average Bonchev–Trinajstić information content (AvgIpc) is 3.26. The first kappa shape index (κ1) is 20.4. The Morgan fingerprint density at radius 2 is 1.77 bits per heavy atom. The van der Waals surface area contributed by atoms with E-state index < -0.39 is 0 Å². The van der Waals surface area contributed by atoms with E-state index in [4.69, 9.17) is 0 Å². The lowest BCUT2D eigenvalue weighted by Gasteiger charge is -2.29. The molecule has 0 atom stereocenters. The predicted octanol–water partition coefficient (Wildman–Crippen LogP) is 2.75. The minimum Gasteiger partial charge on any atom is -0.343 e. The number of benzene rings is 1. The monoisotopic (exact) mass is 412 g/mol. The van der Waals surface area contributed by atoms with Crippen molar-refractivity contribution in [3.63, 3.8) is 0 Å². The Morgan fingerprint density at radius 1 is 1.00 bits per heavy atom. The van der Waals surface area contributed by atoms with Crippen LogP contribution in [0.25, 0.3) is 0 Å². The molecule has 1 aliphatic carbocycles. The van der Waals surface area contributed by atoms with Crippen LogP contribution >= 0.6 is 0 Å². The van der Waals surface area contributed by atoms with Gasteiger partial charge in [-0.15, -0.1) is 0 Å². The number of carbonyl (C=O) groups excluding carboxylic acids is 4. The second-order valence-corrected chi connectivity index (χ2v) is 8.25. The first-order valence-electron chi connectivity index (χ1n) is 10.9. The predicted molar refractivity (Wildman–Crippen MR) is 111 cm³/mol. The first-order valence-corrected chi connectivity index (χ1v) is 10.9. The summed E-state index contributed by atoms with van der Waals surface area (Å²) in [7, 11) is 0. The highest BCUT2D eigenvalue weighted by Gasteiger charge is 2.40. The van der Waals surface area contributed by atoms with E-state index in [-0.39, 0.29) is 29.8 Å². The zero-order valence-electron chi connectivity index (χ0n) is 17.1. The van der Waals surface area contributed by atoms with Crippen LogP contribution in [0.2, 0.25) is 0 Å². The van der Waals surface area contributed by atoms with Gasteiger partial charge in [0.05, 0.1) is 11.1 Å². The van der Waals surface area contributed by atoms with Crippen LogP contribution in [0.15, 0.2) is 18.2 Å². The minimum atomic E-state index is -0.372. The molecule has 0 spiro atoms. The number of imide groups is 1. The summed E-state index contributed by atoms with van der Waals surface area (Å²) in [4.78, 5) is 52.6. The normalized spacial score (nSPS) is 19.4. The summed E-state index contributed by atoms with van der Waals surface area (Å²) >= 11 is 0. The summed E-state index contributed by atoms with van der Waals surface area (Å²) < 4.78 is 0. The Kier molecular flexibility index (Phi) is 6.01. The Morgan fingerprint density at radius 3 is 2.50 bits per heavy atom. The van der Waals surface area contributed by atoms with Crippen LogP contribution in [0.5, 0.6) is 0 Å². The van der Waals surface area contributed by atoms with Crippen molar-refractivity contribution in [2.75, 3.05) is 25.0 Å². The second kappa shape index (κ2) is 8.85. The molecule has 4 rings (SSSR count). The largest absolute Gasteiger partial charge is 0.343 e. The van der Waals surface area contributed by atoms with Crippen LogP contribution in [-0.2, 0) is 4.79 Å². The van der Waals surface area contributed by atoms with Gasteiger partial charge in [0.2, 0.25) is 5.91 Å². The van der Waals surface area contributed by atoms with Gasteiger partial charge in [0.1, 0.15) is 0 Å². The third kappa shape index (κ3) is 4.17. The number of hydrogen-bond acceptors (Lipinski definition) is 4. The van der Waals surface area contributed by atoms with Crippen molar-refractivity contribution in [2.45, 2.75) is 57.4 Å². The van der Waals surface area contributed by atoms with Gasteiger partial charge in [0, 0.05) is 37.8 Å². The topological polar surface area (TPSA) is 98.8 Å². The SMILES string of the molecule is O=C(NCCCN1CCCC1=O)Nc1ccc2c(c1)C(=O)N(C1CCCCC1)C2=O. The number of likely N-dealkylation sites (tertiary alicyclic amines) is 1. The minimum absolute atomic E-state index is 0.0200. The van der Waals surface area contributed by atoms with Crippen LogP contribution < -0.4 is 10.6 Å². The van der Waals surface area contributed by atoms with E-state index in [1.54, 1.807) is 18.2 Å². The van der Waals surface area contributed by atoms with E-state index in [2.05, 4.69) is 10.6 Å². The molecule has 5 amide bonds. The van der Waals surface area contributed by atoms with Gasteiger partial charge in [-0.2, -0.15) is 0 Å². The lowest BCUT2D eigenvalue weighted by Crippen LogP contribution is -2.40. The van der Waals surface area contributed by atoms with E-state index in [0.29, 0.717) is 42.7 Å². The molecule has 3 aliphatic rings. The fourth-order valence-electron chi connectivity index (χ4n) is 4.60. The van der Waals surface area contributed by atoms with Crippen LogP contribution in [0, 0.1) is 0 Å². The lowest BCUT2D eigenvalue weighted by atomic mass is 9.94. The maximum atomic E-state index is 12.9. The third-order valence-corrected chi connectivity index (χ3v) is 6.18. The molecule has 2 heterocycles. The third-order valence-electron chi connectivity index (χ3n) is 6.18. The molecular weight excluding hydrogens is 384 g/mol. The zero-order chi connectivity index (χ0) is 21.1. The first-order chi connectivity index (χ1) is 14.5. The van der Waals surface area contributed by atoms with Gasteiger partial charge in [0.25, 0.3) is 11.8 Å². The van der Waals surface area contributed by atoms with Crippen molar-refractivity contribution in [1.29, 1.82) is 0 Å². The van der Waals surface area contributed by atoms with Crippen LogP contribution in [0.3, 0.4) is 0 Å². The van der Waals surface area contributed by atoms with Gasteiger partial charge >= 0.3 is 6.03 Å². The highest BCUT2D eigenvalue weighted by atomic mass is 16.2.